The van der Waals surface area contributed by atoms with Gasteiger partial charge in [-0.3, -0.25) is 9.59 Å². The van der Waals surface area contributed by atoms with Gasteiger partial charge >= 0.3 is 0 Å². The predicted molar refractivity (Wildman–Crippen MR) is 95.0 cm³/mol. The number of hydrogen-bond donors (Lipinski definition) is 3. The molecule has 0 atom stereocenters. The molecule has 0 aliphatic heterocycles. The molecule has 24 heavy (non-hydrogen) atoms. The number of carbonyl (C=O) groups excluding carboxylic acids is 2. The van der Waals surface area contributed by atoms with Crippen LogP contribution in [0, 0.1) is 0 Å². The highest BCUT2D eigenvalue weighted by Gasteiger charge is 2.05. The van der Waals surface area contributed by atoms with Crippen molar-refractivity contribution in [2.75, 3.05) is 26.2 Å². The van der Waals surface area contributed by atoms with Gasteiger partial charge in [0.05, 0.1) is 6.54 Å². The Hall–Kier alpha value is -2.05. The van der Waals surface area contributed by atoms with Gasteiger partial charge in [-0.15, -0.1) is 0 Å². The average molecular weight is 354 g/mol. The van der Waals surface area contributed by atoms with E-state index in [1.165, 1.54) is 0 Å². The van der Waals surface area contributed by atoms with Gasteiger partial charge in [-0.2, -0.15) is 0 Å². The van der Waals surface area contributed by atoms with E-state index in [1.54, 1.807) is 24.3 Å². The molecule has 0 bridgehead atoms. The lowest BCUT2D eigenvalue weighted by Crippen LogP contribution is -2.35. The van der Waals surface area contributed by atoms with E-state index in [0.29, 0.717) is 29.4 Å². The third-order valence-electron chi connectivity index (χ3n) is 2.96. The van der Waals surface area contributed by atoms with Gasteiger partial charge in [0.25, 0.3) is 5.91 Å². The Morgan fingerprint density at radius 1 is 1.17 bits per heavy atom. The summed E-state index contributed by atoms with van der Waals surface area (Å²) in [6, 6.07) is 6.77. The normalized spacial score (nSPS) is 10.1. The molecule has 7 heteroatoms. The lowest BCUT2D eigenvalue weighted by Gasteiger charge is -2.10. The molecule has 0 heterocycles. The van der Waals surface area contributed by atoms with Gasteiger partial charge < -0.3 is 20.7 Å². The first-order chi connectivity index (χ1) is 11.5. The zero-order valence-corrected chi connectivity index (χ0v) is 14.6. The first-order valence-electron chi connectivity index (χ1n) is 7.84. The third-order valence-corrected chi connectivity index (χ3v) is 3.21. The van der Waals surface area contributed by atoms with Crippen molar-refractivity contribution in [3.8, 4) is 5.75 Å². The van der Waals surface area contributed by atoms with Crippen LogP contribution in [0.3, 0.4) is 0 Å². The number of amides is 2. The summed E-state index contributed by atoms with van der Waals surface area (Å²) in [5.74, 6) is 0.199. The maximum Gasteiger partial charge on any atom is 0.257 e. The Kier molecular flexibility index (Phi) is 9.56. The quantitative estimate of drug-likeness (QED) is 0.530. The summed E-state index contributed by atoms with van der Waals surface area (Å²) in [6.07, 6.45) is 1.44. The van der Waals surface area contributed by atoms with E-state index >= 15 is 0 Å². The number of rotatable bonds is 11. The number of carbonyl (C=O) groups is 2. The first-order valence-corrected chi connectivity index (χ1v) is 8.22. The summed E-state index contributed by atoms with van der Waals surface area (Å²) >= 11 is 5.77. The maximum atomic E-state index is 11.7. The van der Waals surface area contributed by atoms with Crippen LogP contribution in [0.2, 0.25) is 5.02 Å². The molecule has 0 aliphatic carbocycles. The van der Waals surface area contributed by atoms with Gasteiger partial charge in [0.2, 0.25) is 5.91 Å². The number of halogens is 1. The van der Waals surface area contributed by atoms with E-state index in [0.717, 1.165) is 13.0 Å². The van der Waals surface area contributed by atoms with Crippen LogP contribution < -0.4 is 20.7 Å². The lowest BCUT2D eigenvalue weighted by molar-refractivity contribution is -0.123. The molecule has 1 aromatic rings. The summed E-state index contributed by atoms with van der Waals surface area (Å²) in [5, 5.41) is 9.00. The Labute approximate surface area is 147 Å². The van der Waals surface area contributed by atoms with Crippen molar-refractivity contribution in [2.45, 2.75) is 19.8 Å². The van der Waals surface area contributed by atoms with Crippen LogP contribution in [0.25, 0.3) is 0 Å². The molecule has 0 fully saturated rings. The molecule has 0 unspecified atom stereocenters. The van der Waals surface area contributed by atoms with Gasteiger partial charge in [-0.25, -0.2) is 0 Å². The average Bonchev–Trinajstić information content (AvgIpc) is 2.54. The van der Waals surface area contributed by atoms with Crippen LogP contribution in [0.15, 0.2) is 36.5 Å². The number of ether oxygens (including phenoxy) is 1. The second kappa shape index (κ2) is 11.5. The summed E-state index contributed by atoms with van der Waals surface area (Å²) in [4.78, 5) is 23.2. The van der Waals surface area contributed by atoms with Crippen molar-refractivity contribution in [2.24, 2.45) is 0 Å². The zero-order chi connectivity index (χ0) is 17.8. The molecule has 0 saturated heterocycles. The molecule has 1 aromatic carbocycles. The van der Waals surface area contributed by atoms with Crippen molar-refractivity contribution in [3.63, 3.8) is 0 Å². The minimum Gasteiger partial charge on any atom is -0.484 e. The van der Waals surface area contributed by atoms with E-state index in [-0.39, 0.29) is 25.0 Å². The van der Waals surface area contributed by atoms with Crippen LogP contribution >= 0.6 is 11.6 Å². The third kappa shape index (κ3) is 9.17. The molecule has 2 amide bonds. The molecule has 0 saturated carbocycles. The highest BCUT2D eigenvalue weighted by Crippen LogP contribution is 2.15. The monoisotopic (exact) mass is 353 g/mol. The molecule has 6 nitrogen and oxygen atoms in total. The van der Waals surface area contributed by atoms with E-state index in [2.05, 4.69) is 22.5 Å². The van der Waals surface area contributed by atoms with Crippen LogP contribution in [-0.4, -0.2) is 38.1 Å². The van der Waals surface area contributed by atoms with Crippen molar-refractivity contribution in [1.82, 2.24) is 16.0 Å². The molecule has 3 N–H and O–H groups in total. The zero-order valence-electron chi connectivity index (χ0n) is 13.9. The SMILES string of the molecule is C=C(CCNC(=O)COc1ccc(Cl)cc1)NC(=O)CNCCC. The Bertz CT molecular complexity index is 547. The fraction of sp³-hybridized carbons (Fsp3) is 0.412. The van der Waals surface area contributed by atoms with E-state index in [1.807, 2.05) is 6.92 Å². The van der Waals surface area contributed by atoms with Crippen LogP contribution in [0.1, 0.15) is 19.8 Å². The van der Waals surface area contributed by atoms with Crippen LogP contribution in [0.4, 0.5) is 0 Å². The molecule has 0 aliphatic rings. The van der Waals surface area contributed by atoms with Crippen molar-refractivity contribution in [3.05, 3.63) is 41.6 Å². The fourth-order valence-corrected chi connectivity index (χ4v) is 1.89. The Morgan fingerprint density at radius 3 is 2.54 bits per heavy atom. The number of nitrogens with one attached hydrogen (secondary N) is 3. The smallest absolute Gasteiger partial charge is 0.257 e. The minimum absolute atomic E-state index is 0.0819. The maximum absolute atomic E-state index is 11.7. The van der Waals surface area contributed by atoms with Crippen molar-refractivity contribution in [1.29, 1.82) is 0 Å². The highest BCUT2D eigenvalue weighted by molar-refractivity contribution is 6.30. The first kappa shape index (κ1) is 20.0. The van der Waals surface area contributed by atoms with Gasteiger partial charge in [0.15, 0.2) is 6.61 Å². The van der Waals surface area contributed by atoms with E-state index in [4.69, 9.17) is 16.3 Å². The summed E-state index contributed by atoms with van der Waals surface area (Å²) in [7, 11) is 0. The van der Waals surface area contributed by atoms with E-state index in [9.17, 15) is 9.59 Å². The molecule has 0 aromatic heterocycles. The topological polar surface area (TPSA) is 79.5 Å². The molecule has 1 rings (SSSR count). The van der Waals surface area contributed by atoms with Gasteiger partial charge in [-0.05, 0) is 37.2 Å². The van der Waals surface area contributed by atoms with Crippen LogP contribution in [-0.2, 0) is 9.59 Å². The molecular weight excluding hydrogens is 330 g/mol. The summed E-state index contributed by atoms with van der Waals surface area (Å²) in [6.45, 7) is 7.15. The molecular formula is C17H24ClN3O3. The van der Waals surface area contributed by atoms with Gasteiger partial charge in [0, 0.05) is 23.7 Å². The summed E-state index contributed by atoms with van der Waals surface area (Å²) in [5.41, 5.74) is 0.567. The van der Waals surface area contributed by atoms with Crippen LogP contribution in [0.5, 0.6) is 5.75 Å². The standard InChI is InChI=1S/C17H24ClN3O3/c1-3-9-19-11-16(22)21-13(2)8-10-20-17(23)12-24-15-6-4-14(18)5-7-15/h4-7,19H,2-3,8-12H2,1H3,(H,20,23)(H,21,22). The number of benzene rings is 1. The Morgan fingerprint density at radius 2 is 1.88 bits per heavy atom. The fourth-order valence-electron chi connectivity index (χ4n) is 1.77. The van der Waals surface area contributed by atoms with Crippen molar-refractivity contribution < 1.29 is 14.3 Å². The van der Waals surface area contributed by atoms with E-state index < -0.39 is 0 Å². The second-order valence-corrected chi connectivity index (χ2v) is 5.61. The second-order valence-electron chi connectivity index (χ2n) is 5.17. The number of hydrogen-bond acceptors (Lipinski definition) is 4. The molecule has 0 radical (unpaired) electrons. The van der Waals surface area contributed by atoms with Gasteiger partial charge in [0.1, 0.15) is 5.75 Å². The Balaban J connectivity index is 2.12. The summed E-state index contributed by atoms with van der Waals surface area (Å²) < 4.78 is 5.33. The largest absolute Gasteiger partial charge is 0.484 e. The minimum atomic E-state index is -0.242. The highest BCUT2D eigenvalue weighted by atomic mass is 35.5. The lowest BCUT2D eigenvalue weighted by atomic mass is 10.3. The van der Waals surface area contributed by atoms with Crippen molar-refractivity contribution >= 4 is 23.4 Å². The molecule has 0 spiro atoms. The molecule has 132 valence electrons. The van der Waals surface area contributed by atoms with Gasteiger partial charge in [-0.1, -0.05) is 25.1 Å². The predicted octanol–water partition coefficient (Wildman–Crippen LogP) is 1.85.